The molecule has 3 rings (SSSR count). The fourth-order valence-corrected chi connectivity index (χ4v) is 3.27. The number of nitrogens with one attached hydrogen (secondary N) is 1. The van der Waals surface area contributed by atoms with E-state index >= 15 is 0 Å². The predicted molar refractivity (Wildman–Crippen MR) is 119 cm³/mol. The van der Waals surface area contributed by atoms with E-state index in [0.29, 0.717) is 17.1 Å². The third-order valence-corrected chi connectivity index (χ3v) is 5.30. The molecule has 33 heavy (non-hydrogen) atoms. The first kappa shape index (κ1) is 23.6. The van der Waals surface area contributed by atoms with Gasteiger partial charge in [-0.3, -0.25) is 15.5 Å². The zero-order valence-electron chi connectivity index (χ0n) is 17.3. The van der Waals surface area contributed by atoms with E-state index in [4.69, 9.17) is 14.6 Å². The van der Waals surface area contributed by atoms with Crippen molar-refractivity contribution < 1.29 is 27.2 Å². The third-order valence-electron chi connectivity index (χ3n) is 4.39. The van der Waals surface area contributed by atoms with Gasteiger partial charge in [0.2, 0.25) is 10.0 Å². The maximum Gasteiger partial charge on any atom is 0.295 e. The molecule has 0 heterocycles. The van der Waals surface area contributed by atoms with Crippen molar-refractivity contribution in [1.29, 1.82) is 0 Å². The lowest BCUT2D eigenvalue weighted by atomic mass is 10.2. The smallest absolute Gasteiger partial charge is 0.295 e. The van der Waals surface area contributed by atoms with Crippen LogP contribution < -0.4 is 20.0 Å². The summed E-state index contributed by atoms with van der Waals surface area (Å²) >= 11 is 0. The average molecular weight is 474 g/mol. The summed E-state index contributed by atoms with van der Waals surface area (Å²) in [4.78, 5) is 10.1. The maximum absolute atomic E-state index is 13.0. The van der Waals surface area contributed by atoms with Crippen molar-refractivity contribution in [2.75, 3.05) is 12.5 Å². The minimum absolute atomic E-state index is 0.0186. The molecule has 0 atom stereocenters. The van der Waals surface area contributed by atoms with Crippen molar-refractivity contribution in [1.82, 2.24) is 0 Å². The molecule has 3 N–H and O–H groups in total. The minimum Gasteiger partial charge on any atom is -0.493 e. The predicted octanol–water partition coefficient (Wildman–Crippen LogP) is 3.41. The van der Waals surface area contributed by atoms with E-state index in [0.717, 1.165) is 17.7 Å². The van der Waals surface area contributed by atoms with Crippen molar-refractivity contribution in [3.63, 3.8) is 0 Å². The Morgan fingerprint density at radius 1 is 1.12 bits per heavy atom. The maximum atomic E-state index is 13.0. The minimum atomic E-state index is -4.09. The van der Waals surface area contributed by atoms with Gasteiger partial charge in [-0.05, 0) is 53.6 Å². The zero-order valence-corrected chi connectivity index (χ0v) is 18.1. The largest absolute Gasteiger partial charge is 0.493 e. The number of anilines is 1. The standard InChI is InChI=1S/C21H19FN4O6S/c1-31-21-10-15(4-9-20(21)32-13-14-2-5-16(22)6-3-14)12-24-25-18-8-7-17(33(23,29)30)11-19(18)26(27)28/h2-12,25H,13H2,1H3,(H2,23,29,30)/b24-12-. The highest BCUT2D eigenvalue weighted by Gasteiger charge is 2.18. The van der Waals surface area contributed by atoms with Crippen LogP contribution in [-0.4, -0.2) is 26.7 Å². The highest BCUT2D eigenvalue weighted by atomic mass is 32.2. The summed E-state index contributed by atoms with van der Waals surface area (Å²) in [6.45, 7) is 0.212. The van der Waals surface area contributed by atoms with Gasteiger partial charge in [0.1, 0.15) is 18.1 Å². The van der Waals surface area contributed by atoms with E-state index in [2.05, 4.69) is 10.5 Å². The SMILES string of the molecule is COc1cc(/C=N\Nc2ccc(S(N)(=O)=O)cc2[N+](=O)[O-])ccc1OCc1ccc(F)cc1. The number of nitrogens with two attached hydrogens (primary N) is 1. The first-order valence-corrected chi connectivity index (χ1v) is 10.9. The van der Waals surface area contributed by atoms with E-state index in [-0.39, 0.29) is 23.0 Å². The number of sulfonamides is 1. The second-order valence-corrected chi connectivity index (χ2v) is 8.24. The summed E-state index contributed by atoms with van der Waals surface area (Å²) in [5.74, 6) is 0.546. The fraction of sp³-hybridized carbons (Fsp3) is 0.0952. The molecule has 0 unspecified atom stereocenters. The number of nitro groups is 1. The number of nitro benzene ring substituents is 1. The molecule has 0 aliphatic carbocycles. The van der Waals surface area contributed by atoms with Crippen molar-refractivity contribution in [3.8, 4) is 11.5 Å². The van der Waals surface area contributed by atoms with Gasteiger partial charge < -0.3 is 9.47 Å². The van der Waals surface area contributed by atoms with Crippen LogP contribution in [0.1, 0.15) is 11.1 Å². The molecule has 12 heteroatoms. The second-order valence-electron chi connectivity index (χ2n) is 6.68. The molecule has 0 saturated heterocycles. The van der Waals surface area contributed by atoms with Crippen LogP contribution in [0.3, 0.4) is 0 Å². The van der Waals surface area contributed by atoms with Gasteiger partial charge in [0.05, 0.1) is 23.1 Å². The molecule has 0 aliphatic heterocycles. The molecule has 0 bridgehead atoms. The topological polar surface area (TPSA) is 146 Å². The van der Waals surface area contributed by atoms with Gasteiger partial charge in [-0.2, -0.15) is 5.10 Å². The second kappa shape index (κ2) is 10.1. The van der Waals surface area contributed by atoms with Gasteiger partial charge in [-0.25, -0.2) is 17.9 Å². The summed E-state index contributed by atoms with van der Waals surface area (Å²) in [6, 6.07) is 14.1. The highest BCUT2D eigenvalue weighted by Crippen LogP contribution is 2.29. The van der Waals surface area contributed by atoms with Crippen molar-refractivity contribution in [2.24, 2.45) is 10.2 Å². The molecule has 0 spiro atoms. The molecule has 172 valence electrons. The van der Waals surface area contributed by atoms with E-state index in [9.17, 15) is 22.9 Å². The number of primary sulfonamides is 1. The zero-order chi connectivity index (χ0) is 24.0. The van der Waals surface area contributed by atoms with Gasteiger partial charge in [0.25, 0.3) is 5.69 Å². The molecule has 0 radical (unpaired) electrons. The molecule has 0 fully saturated rings. The molecule has 0 saturated carbocycles. The number of nitrogens with zero attached hydrogens (tertiary/aromatic N) is 2. The van der Waals surface area contributed by atoms with Gasteiger partial charge in [-0.15, -0.1) is 0 Å². The van der Waals surface area contributed by atoms with E-state index < -0.39 is 20.6 Å². The Kier molecular flexibility index (Phi) is 7.20. The summed E-state index contributed by atoms with van der Waals surface area (Å²) in [6.07, 6.45) is 1.39. The molecular formula is C21H19FN4O6S. The number of hydrogen-bond donors (Lipinski definition) is 2. The Morgan fingerprint density at radius 3 is 2.48 bits per heavy atom. The van der Waals surface area contributed by atoms with Crippen LogP contribution in [0.25, 0.3) is 0 Å². The number of rotatable bonds is 9. The first-order valence-electron chi connectivity index (χ1n) is 9.33. The van der Waals surface area contributed by atoms with Crippen molar-refractivity contribution in [2.45, 2.75) is 11.5 Å². The average Bonchev–Trinajstić information content (AvgIpc) is 2.78. The lowest BCUT2D eigenvalue weighted by Gasteiger charge is -2.11. The Balaban J connectivity index is 1.72. The third kappa shape index (κ3) is 6.24. The summed E-state index contributed by atoms with van der Waals surface area (Å²) in [5.41, 5.74) is 3.37. The van der Waals surface area contributed by atoms with Crippen molar-refractivity contribution in [3.05, 3.63) is 87.7 Å². The van der Waals surface area contributed by atoms with Crippen LogP contribution in [0, 0.1) is 15.9 Å². The number of hydrazone groups is 1. The number of methoxy groups -OCH3 is 1. The van der Waals surface area contributed by atoms with Gasteiger partial charge in [-0.1, -0.05) is 12.1 Å². The molecule has 0 aromatic heterocycles. The summed E-state index contributed by atoms with van der Waals surface area (Å²) < 4.78 is 46.9. The van der Waals surface area contributed by atoms with Crippen LogP contribution in [0.4, 0.5) is 15.8 Å². The number of ether oxygens (including phenoxy) is 2. The lowest BCUT2D eigenvalue weighted by molar-refractivity contribution is -0.384. The Bertz CT molecular complexity index is 1300. The van der Waals surface area contributed by atoms with Crippen LogP contribution in [0.15, 0.2) is 70.7 Å². The lowest BCUT2D eigenvalue weighted by Crippen LogP contribution is -2.12. The first-order chi connectivity index (χ1) is 15.7. The Labute approximate surface area is 188 Å². The Morgan fingerprint density at radius 2 is 1.85 bits per heavy atom. The van der Waals surface area contributed by atoms with Crippen LogP contribution in [0.2, 0.25) is 0 Å². The molecule has 3 aromatic rings. The number of halogens is 1. The fourth-order valence-electron chi connectivity index (χ4n) is 2.74. The molecule has 0 amide bonds. The monoisotopic (exact) mass is 474 g/mol. The number of hydrogen-bond acceptors (Lipinski definition) is 8. The molecule has 3 aromatic carbocycles. The Hall–Kier alpha value is -4.03. The number of benzene rings is 3. The van der Waals surface area contributed by atoms with Crippen LogP contribution >= 0.6 is 0 Å². The van der Waals surface area contributed by atoms with Gasteiger partial charge >= 0.3 is 0 Å². The van der Waals surface area contributed by atoms with Gasteiger partial charge in [0.15, 0.2) is 11.5 Å². The van der Waals surface area contributed by atoms with E-state index in [1.54, 1.807) is 30.3 Å². The summed E-state index contributed by atoms with van der Waals surface area (Å²) in [5, 5.41) is 20.2. The quantitative estimate of drug-likeness (QED) is 0.274. The van der Waals surface area contributed by atoms with Crippen LogP contribution in [0.5, 0.6) is 11.5 Å². The van der Waals surface area contributed by atoms with Crippen LogP contribution in [-0.2, 0) is 16.6 Å². The van der Waals surface area contributed by atoms with Crippen molar-refractivity contribution >= 4 is 27.6 Å². The molecular weight excluding hydrogens is 455 g/mol. The highest BCUT2D eigenvalue weighted by molar-refractivity contribution is 7.89. The molecule has 0 aliphatic rings. The van der Waals surface area contributed by atoms with E-state index in [1.807, 2.05) is 0 Å². The van der Waals surface area contributed by atoms with E-state index in [1.165, 1.54) is 31.5 Å². The van der Waals surface area contributed by atoms with Gasteiger partial charge in [0, 0.05) is 6.07 Å². The molecule has 10 nitrogen and oxygen atoms in total. The normalized spacial score (nSPS) is 11.4. The summed E-state index contributed by atoms with van der Waals surface area (Å²) in [7, 11) is -2.62.